The maximum atomic E-state index is 13.7. The number of ketones is 1. The molecule has 2 aromatic carbocycles. The van der Waals surface area contributed by atoms with Crippen LogP contribution in [-0.4, -0.2) is 52.8 Å². The third-order valence-corrected chi connectivity index (χ3v) is 6.62. The minimum absolute atomic E-state index is 0.0118. The van der Waals surface area contributed by atoms with Gasteiger partial charge < -0.3 is 14.9 Å². The number of halogens is 2. The molecule has 1 unspecified atom stereocenters. The molecule has 35 heavy (non-hydrogen) atoms. The summed E-state index contributed by atoms with van der Waals surface area (Å²) in [6.07, 6.45) is 5.16. The van der Waals surface area contributed by atoms with Crippen LogP contribution >= 0.6 is 11.6 Å². The summed E-state index contributed by atoms with van der Waals surface area (Å²) in [6.45, 7) is 7.53. The summed E-state index contributed by atoms with van der Waals surface area (Å²) in [6, 6.07) is 11.4. The Labute approximate surface area is 212 Å². The standard InChI is InChI=1S/C28H34ClFN2O3/c1-3-5-16-31(17-6-4-2)18-7-19-32-25(20-10-14-23(30)15-11-20)24(27(34)28(32)35)26(33)21-8-12-22(29)13-9-21/h8-15,25,33H,3-7,16-19H2,1-2H3/b26-24+. The fourth-order valence-corrected chi connectivity index (χ4v) is 4.56. The molecule has 2 aromatic rings. The zero-order valence-corrected chi connectivity index (χ0v) is 21.2. The van der Waals surface area contributed by atoms with E-state index in [1.807, 2.05) is 0 Å². The normalized spacial score (nSPS) is 17.5. The number of hydrogen-bond acceptors (Lipinski definition) is 4. The van der Waals surface area contributed by atoms with Crippen molar-refractivity contribution >= 4 is 29.1 Å². The summed E-state index contributed by atoms with van der Waals surface area (Å²) in [7, 11) is 0. The van der Waals surface area contributed by atoms with Crippen LogP contribution in [0, 0.1) is 5.82 Å². The molecule has 7 heteroatoms. The summed E-state index contributed by atoms with van der Waals surface area (Å²) < 4.78 is 13.7. The van der Waals surface area contributed by atoms with Crippen molar-refractivity contribution in [3.05, 3.63) is 76.1 Å². The molecular weight excluding hydrogens is 467 g/mol. The van der Waals surface area contributed by atoms with Crippen LogP contribution in [0.4, 0.5) is 4.39 Å². The zero-order valence-electron chi connectivity index (χ0n) is 20.5. The van der Waals surface area contributed by atoms with Gasteiger partial charge in [0.15, 0.2) is 0 Å². The van der Waals surface area contributed by atoms with E-state index in [2.05, 4.69) is 18.7 Å². The van der Waals surface area contributed by atoms with E-state index in [0.29, 0.717) is 29.1 Å². The van der Waals surface area contributed by atoms with Crippen LogP contribution in [-0.2, 0) is 9.59 Å². The Balaban J connectivity index is 1.90. The molecule has 0 bridgehead atoms. The van der Waals surface area contributed by atoms with E-state index in [0.717, 1.165) is 45.3 Å². The number of aliphatic hydroxyl groups excluding tert-OH is 1. The summed E-state index contributed by atoms with van der Waals surface area (Å²) in [5.74, 6) is -2.06. The number of carbonyl (C=O) groups excluding carboxylic acids is 2. The lowest BCUT2D eigenvalue weighted by molar-refractivity contribution is -0.140. The zero-order chi connectivity index (χ0) is 25.4. The van der Waals surface area contributed by atoms with Crippen molar-refractivity contribution in [2.24, 2.45) is 0 Å². The largest absolute Gasteiger partial charge is 0.507 e. The van der Waals surface area contributed by atoms with Crippen molar-refractivity contribution in [2.75, 3.05) is 26.2 Å². The molecule has 1 atom stereocenters. The second-order valence-corrected chi connectivity index (χ2v) is 9.39. The van der Waals surface area contributed by atoms with Crippen molar-refractivity contribution in [1.29, 1.82) is 0 Å². The van der Waals surface area contributed by atoms with E-state index in [1.54, 1.807) is 36.4 Å². The monoisotopic (exact) mass is 500 g/mol. The number of rotatable bonds is 12. The average Bonchev–Trinajstić information content (AvgIpc) is 3.10. The number of nitrogens with zero attached hydrogens (tertiary/aromatic N) is 2. The van der Waals surface area contributed by atoms with Crippen molar-refractivity contribution in [2.45, 2.75) is 52.0 Å². The molecular formula is C28H34ClFN2O3. The molecule has 0 radical (unpaired) electrons. The Kier molecular flexibility index (Phi) is 9.87. The first-order valence-corrected chi connectivity index (χ1v) is 12.8. The maximum Gasteiger partial charge on any atom is 0.295 e. The number of benzene rings is 2. The highest BCUT2D eigenvalue weighted by Crippen LogP contribution is 2.39. The first-order valence-electron chi connectivity index (χ1n) is 12.4. The number of amides is 1. The van der Waals surface area contributed by atoms with Gasteiger partial charge in [-0.2, -0.15) is 0 Å². The molecule has 188 valence electrons. The molecule has 1 aliphatic heterocycles. The summed E-state index contributed by atoms with van der Waals surface area (Å²) >= 11 is 5.97. The van der Waals surface area contributed by atoms with Crippen molar-refractivity contribution in [1.82, 2.24) is 9.80 Å². The van der Waals surface area contributed by atoms with Crippen LogP contribution in [0.2, 0.25) is 5.02 Å². The molecule has 1 N–H and O–H groups in total. The van der Waals surface area contributed by atoms with E-state index in [9.17, 15) is 19.1 Å². The van der Waals surface area contributed by atoms with Crippen LogP contribution in [0.25, 0.3) is 5.76 Å². The van der Waals surface area contributed by atoms with Gasteiger partial charge in [0.2, 0.25) is 0 Å². The number of hydrogen-bond donors (Lipinski definition) is 1. The second kappa shape index (κ2) is 12.8. The van der Waals surface area contributed by atoms with Gasteiger partial charge in [0.1, 0.15) is 11.6 Å². The molecule has 1 amide bonds. The number of likely N-dealkylation sites (tertiary alicyclic amines) is 1. The molecule has 0 aromatic heterocycles. The van der Waals surface area contributed by atoms with Crippen molar-refractivity contribution < 1.29 is 19.1 Å². The van der Waals surface area contributed by atoms with Crippen LogP contribution in [0.3, 0.4) is 0 Å². The van der Waals surface area contributed by atoms with Gasteiger partial charge in [0, 0.05) is 17.1 Å². The summed E-state index contributed by atoms with van der Waals surface area (Å²) in [4.78, 5) is 30.1. The molecule has 0 spiro atoms. The fourth-order valence-electron chi connectivity index (χ4n) is 4.43. The van der Waals surface area contributed by atoms with Gasteiger partial charge in [-0.05, 0) is 80.9 Å². The Morgan fingerprint density at radius 1 is 0.943 bits per heavy atom. The average molecular weight is 501 g/mol. The molecule has 3 rings (SSSR count). The van der Waals surface area contributed by atoms with Gasteiger partial charge in [0.25, 0.3) is 11.7 Å². The number of carbonyl (C=O) groups is 2. The molecule has 5 nitrogen and oxygen atoms in total. The highest BCUT2D eigenvalue weighted by Gasteiger charge is 2.45. The number of unbranched alkanes of at least 4 members (excludes halogenated alkanes) is 2. The predicted octanol–water partition coefficient (Wildman–Crippen LogP) is 6.19. The van der Waals surface area contributed by atoms with Gasteiger partial charge in [-0.15, -0.1) is 0 Å². The summed E-state index contributed by atoms with van der Waals surface area (Å²) in [5.41, 5.74) is 0.984. The molecule has 0 aliphatic carbocycles. The minimum atomic E-state index is -0.786. The van der Waals surface area contributed by atoms with Crippen LogP contribution in [0.5, 0.6) is 0 Å². The Hall–Kier alpha value is -2.70. The topological polar surface area (TPSA) is 60.9 Å². The number of aliphatic hydroxyl groups is 1. The molecule has 0 saturated carbocycles. The van der Waals surface area contributed by atoms with Gasteiger partial charge in [-0.1, -0.05) is 50.4 Å². The Bertz CT molecular complexity index is 1030. The van der Waals surface area contributed by atoms with Gasteiger partial charge >= 0.3 is 0 Å². The van der Waals surface area contributed by atoms with Gasteiger partial charge in [-0.25, -0.2) is 4.39 Å². The first kappa shape index (κ1) is 26.9. The minimum Gasteiger partial charge on any atom is -0.507 e. The molecule has 1 aliphatic rings. The molecule has 1 saturated heterocycles. The summed E-state index contributed by atoms with van der Waals surface area (Å²) in [5, 5.41) is 11.6. The molecule has 1 heterocycles. The third-order valence-electron chi connectivity index (χ3n) is 6.37. The van der Waals surface area contributed by atoms with E-state index >= 15 is 0 Å². The highest BCUT2D eigenvalue weighted by atomic mass is 35.5. The van der Waals surface area contributed by atoms with Crippen molar-refractivity contribution in [3.63, 3.8) is 0 Å². The predicted molar refractivity (Wildman–Crippen MR) is 138 cm³/mol. The van der Waals surface area contributed by atoms with Crippen LogP contribution in [0.15, 0.2) is 54.1 Å². The van der Waals surface area contributed by atoms with Gasteiger partial charge in [-0.3, -0.25) is 9.59 Å². The Morgan fingerprint density at radius 3 is 2.09 bits per heavy atom. The fraction of sp³-hybridized carbons (Fsp3) is 0.429. The Morgan fingerprint density at radius 2 is 1.51 bits per heavy atom. The lowest BCUT2D eigenvalue weighted by Gasteiger charge is -2.27. The van der Waals surface area contributed by atoms with E-state index in [-0.39, 0.29) is 11.3 Å². The van der Waals surface area contributed by atoms with Crippen molar-refractivity contribution in [3.8, 4) is 0 Å². The van der Waals surface area contributed by atoms with Gasteiger partial charge in [0.05, 0.1) is 11.6 Å². The van der Waals surface area contributed by atoms with E-state index in [4.69, 9.17) is 11.6 Å². The first-order chi connectivity index (χ1) is 16.9. The lowest BCUT2D eigenvalue weighted by atomic mass is 9.95. The SMILES string of the molecule is CCCCN(CCCC)CCCN1C(=O)C(=O)/C(=C(/O)c2ccc(Cl)cc2)C1c1ccc(F)cc1. The van der Waals surface area contributed by atoms with E-state index < -0.39 is 23.5 Å². The van der Waals surface area contributed by atoms with E-state index in [1.165, 1.54) is 17.0 Å². The maximum absolute atomic E-state index is 13.7. The smallest absolute Gasteiger partial charge is 0.295 e. The highest BCUT2D eigenvalue weighted by molar-refractivity contribution is 6.46. The number of Topliss-reactive ketones (excluding diaryl/α,β-unsaturated/α-hetero) is 1. The molecule has 1 fully saturated rings. The van der Waals surface area contributed by atoms with Crippen LogP contribution < -0.4 is 0 Å². The quantitative estimate of drug-likeness (QED) is 0.214. The lowest BCUT2D eigenvalue weighted by Crippen LogP contribution is -2.34. The van der Waals surface area contributed by atoms with Crippen LogP contribution in [0.1, 0.15) is 63.1 Å². The third kappa shape index (κ3) is 6.71. The second-order valence-electron chi connectivity index (χ2n) is 8.95.